The van der Waals surface area contributed by atoms with Gasteiger partial charge in [-0.1, -0.05) is 50.2 Å². The second-order valence-corrected chi connectivity index (χ2v) is 10.6. The van der Waals surface area contributed by atoms with Gasteiger partial charge in [0.2, 0.25) is 0 Å². The molecule has 3 heterocycles. The number of hydrogen-bond acceptors (Lipinski definition) is 4. The van der Waals surface area contributed by atoms with E-state index in [2.05, 4.69) is 28.8 Å². The molecule has 5 nitrogen and oxygen atoms in total. The van der Waals surface area contributed by atoms with Crippen LogP contribution < -0.4 is 10.1 Å². The first-order chi connectivity index (χ1) is 16.6. The average Bonchev–Trinajstić information content (AvgIpc) is 2.81. The van der Waals surface area contributed by atoms with Gasteiger partial charge in [-0.05, 0) is 72.9 Å². The van der Waals surface area contributed by atoms with Gasteiger partial charge in [0.25, 0.3) is 0 Å². The van der Waals surface area contributed by atoms with Crippen molar-refractivity contribution < 1.29 is 27.4 Å². The number of piperidine rings is 3. The topological polar surface area (TPSA) is 50.8 Å². The largest absolute Gasteiger partial charge is 0.573 e. The van der Waals surface area contributed by atoms with Crippen LogP contribution in [0.15, 0.2) is 42.5 Å². The second kappa shape index (κ2) is 9.04. The summed E-state index contributed by atoms with van der Waals surface area (Å²) in [4.78, 5) is 15.3. The number of halogens is 3. The van der Waals surface area contributed by atoms with Crippen molar-refractivity contribution in [2.75, 3.05) is 19.6 Å². The van der Waals surface area contributed by atoms with Crippen molar-refractivity contribution in [2.45, 2.75) is 58.0 Å². The summed E-state index contributed by atoms with van der Waals surface area (Å²) in [6, 6.07) is 11.5. The monoisotopic (exact) mass is 488 g/mol. The molecule has 1 N–H and O–H groups in total. The van der Waals surface area contributed by atoms with Crippen molar-refractivity contribution in [1.29, 1.82) is 0 Å². The maximum absolute atomic E-state index is 12.9. The van der Waals surface area contributed by atoms with Crippen molar-refractivity contribution in [3.8, 4) is 16.9 Å². The molecule has 6 rings (SSSR count). The van der Waals surface area contributed by atoms with Gasteiger partial charge in [-0.3, -0.25) is 4.90 Å². The van der Waals surface area contributed by atoms with Crippen molar-refractivity contribution in [2.24, 2.45) is 11.3 Å². The first-order valence-corrected chi connectivity index (χ1v) is 12.3. The Morgan fingerprint density at radius 1 is 1.11 bits per heavy atom. The third-order valence-electron chi connectivity index (χ3n) is 7.81. The van der Waals surface area contributed by atoms with Crippen LogP contribution in [0.4, 0.5) is 18.0 Å². The fourth-order valence-electron chi connectivity index (χ4n) is 5.82. The molecule has 1 amide bonds. The summed E-state index contributed by atoms with van der Waals surface area (Å²) >= 11 is 0. The SMILES string of the molecule is CC1(C)CCc2cc(-c3ccccc3OC(F)(F)F)ccc2C1NC(=O)O[C@H]1CN2CCC1CC2. The van der Waals surface area contributed by atoms with Gasteiger partial charge in [-0.15, -0.1) is 13.2 Å². The lowest BCUT2D eigenvalue weighted by atomic mass is 9.70. The highest BCUT2D eigenvalue weighted by Crippen LogP contribution is 2.45. The second-order valence-electron chi connectivity index (χ2n) is 10.6. The average molecular weight is 489 g/mol. The maximum atomic E-state index is 12.9. The van der Waals surface area contributed by atoms with Crippen LogP contribution in [-0.2, 0) is 11.2 Å². The van der Waals surface area contributed by atoms with Crippen LogP contribution in [0, 0.1) is 11.3 Å². The lowest BCUT2D eigenvalue weighted by molar-refractivity contribution is -0.274. The number of carbonyl (C=O) groups excluding carboxylic acids is 1. The summed E-state index contributed by atoms with van der Waals surface area (Å²) in [6.07, 6.45) is -1.51. The molecule has 3 aliphatic heterocycles. The van der Waals surface area contributed by atoms with Crippen LogP contribution in [0.2, 0.25) is 0 Å². The Hall–Kier alpha value is -2.74. The van der Waals surface area contributed by atoms with Crippen LogP contribution in [0.25, 0.3) is 11.1 Å². The van der Waals surface area contributed by atoms with Crippen LogP contribution in [-0.4, -0.2) is 43.1 Å². The first-order valence-electron chi connectivity index (χ1n) is 12.3. The number of rotatable bonds is 4. The number of alkyl halides is 3. The summed E-state index contributed by atoms with van der Waals surface area (Å²) in [5, 5.41) is 3.12. The van der Waals surface area contributed by atoms with E-state index in [1.165, 1.54) is 12.1 Å². The van der Waals surface area contributed by atoms with E-state index in [4.69, 9.17) is 4.74 Å². The molecule has 0 spiro atoms. The van der Waals surface area contributed by atoms with Crippen LogP contribution >= 0.6 is 0 Å². The van der Waals surface area contributed by atoms with E-state index in [9.17, 15) is 18.0 Å². The minimum Gasteiger partial charge on any atom is -0.445 e. The predicted octanol–water partition coefficient (Wildman–Crippen LogP) is 6.09. The van der Waals surface area contributed by atoms with Crippen molar-refractivity contribution in [3.05, 3.63) is 53.6 Å². The van der Waals surface area contributed by atoms with E-state index >= 15 is 0 Å². The zero-order valence-electron chi connectivity index (χ0n) is 20.0. The molecule has 4 aliphatic rings. The highest BCUT2D eigenvalue weighted by Gasteiger charge is 2.40. The molecule has 2 aromatic carbocycles. The smallest absolute Gasteiger partial charge is 0.445 e. The lowest BCUT2D eigenvalue weighted by Crippen LogP contribution is -2.53. The van der Waals surface area contributed by atoms with Gasteiger partial charge in [-0.2, -0.15) is 0 Å². The molecular weight excluding hydrogens is 457 g/mol. The molecule has 8 heteroatoms. The van der Waals surface area contributed by atoms with Gasteiger partial charge >= 0.3 is 12.5 Å². The van der Waals surface area contributed by atoms with Crippen molar-refractivity contribution in [3.63, 3.8) is 0 Å². The molecule has 2 bridgehead atoms. The van der Waals surface area contributed by atoms with Crippen LogP contribution in [0.5, 0.6) is 5.75 Å². The number of ether oxygens (including phenoxy) is 2. The van der Waals surface area contributed by atoms with Gasteiger partial charge in [0.05, 0.1) is 6.04 Å². The minimum atomic E-state index is -4.77. The Bertz CT molecular complexity index is 1090. The molecule has 3 saturated heterocycles. The Kier molecular flexibility index (Phi) is 6.20. The number of nitrogens with one attached hydrogen (secondary N) is 1. The molecule has 1 unspecified atom stereocenters. The van der Waals surface area contributed by atoms with Gasteiger partial charge in [0.15, 0.2) is 0 Å². The van der Waals surface area contributed by atoms with E-state index in [0.29, 0.717) is 17.0 Å². The maximum Gasteiger partial charge on any atom is 0.573 e. The number of carbonyl (C=O) groups is 1. The Balaban J connectivity index is 1.37. The van der Waals surface area contributed by atoms with E-state index in [1.807, 2.05) is 12.1 Å². The number of benzene rings is 2. The highest BCUT2D eigenvalue weighted by molar-refractivity contribution is 5.72. The van der Waals surface area contributed by atoms with Crippen LogP contribution in [0.1, 0.15) is 50.3 Å². The number of nitrogens with zero attached hydrogens (tertiary/aromatic N) is 1. The van der Waals surface area contributed by atoms with Crippen LogP contribution in [0.3, 0.4) is 0 Å². The Morgan fingerprint density at radius 3 is 2.54 bits per heavy atom. The summed E-state index contributed by atoms with van der Waals surface area (Å²) in [6.45, 7) is 7.19. The normalized spacial score (nSPS) is 27.1. The zero-order valence-corrected chi connectivity index (χ0v) is 20.0. The first kappa shape index (κ1) is 24.0. The summed E-state index contributed by atoms with van der Waals surface area (Å²) in [7, 11) is 0. The number of aryl methyl sites for hydroxylation is 1. The van der Waals surface area contributed by atoms with Gasteiger partial charge in [-0.25, -0.2) is 4.79 Å². The number of para-hydroxylation sites is 1. The predicted molar refractivity (Wildman–Crippen MR) is 126 cm³/mol. The third kappa shape index (κ3) is 5.13. The number of amides is 1. The van der Waals surface area contributed by atoms with E-state index in [1.54, 1.807) is 18.2 Å². The lowest BCUT2D eigenvalue weighted by Gasteiger charge is -2.44. The Labute approximate surface area is 203 Å². The Morgan fingerprint density at radius 2 is 1.86 bits per heavy atom. The third-order valence-corrected chi connectivity index (χ3v) is 7.81. The standard InChI is InChI=1S/C27H31F3N2O3/c1-26(2)12-9-19-15-18(20-5-3-4-6-22(20)35-27(28,29)30)7-8-21(19)24(26)31-25(33)34-23-16-32-13-10-17(23)11-14-32/h3-8,15,17,23-24H,9-14,16H2,1-2H3,(H,31,33)/t23-,24?/m0/s1. The van der Waals surface area contributed by atoms with E-state index in [-0.39, 0.29) is 23.3 Å². The van der Waals surface area contributed by atoms with Gasteiger partial charge in [0, 0.05) is 12.1 Å². The molecule has 0 radical (unpaired) electrons. The molecule has 3 fully saturated rings. The van der Waals surface area contributed by atoms with Crippen molar-refractivity contribution >= 4 is 6.09 Å². The molecule has 2 aromatic rings. The minimum absolute atomic E-state index is 0.0730. The summed E-state index contributed by atoms with van der Waals surface area (Å²) in [5.41, 5.74) is 2.82. The molecule has 1 aliphatic carbocycles. The number of alkyl carbamates (subject to hydrolysis) is 1. The zero-order chi connectivity index (χ0) is 24.8. The summed E-state index contributed by atoms with van der Waals surface area (Å²) in [5.74, 6) is 0.200. The molecule has 2 atom stereocenters. The fourth-order valence-corrected chi connectivity index (χ4v) is 5.82. The fraction of sp³-hybridized carbons (Fsp3) is 0.519. The number of fused-ring (bicyclic) bond motifs is 4. The van der Waals surface area contributed by atoms with Gasteiger partial charge < -0.3 is 14.8 Å². The molecular formula is C27H31F3N2O3. The van der Waals surface area contributed by atoms with E-state index < -0.39 is 12.5 Å². The molecule has 0 aromatic heterocycles. The van der Waals surface area contributed by atoms with Gasteiger partial charge in [0.1, 0.15) is 11.9 Å². The quantitative estimate of drug-likeness (QED) is 0.566. The van der Waals surface area contributed by atoms with E-state index in [0.717, 1.165) is 56.4 Å². The summed E-state index contributed by atoms with van der Waals surface area (Å²) < 4.78 is 48.9. The van der Waals surface area contributed by atoms with Crippen molar-refractivity contribution in [1.82, 2.24) is 10.2 Å². The highest BCUT2D eigenvalue weighted by atomic mass is 19.4. The number of hydrogen-bond donors (Lipinski definition) is 1. The molecule has 0 saturated carbocycles. The molecule has 35 heavy (non-hydrogen) atoms. The molecule has 188 valence electrons.